The number of methoxy groups -OCH3 is 3. The van der Waals surface area contributed by atoms with Crippen molar-refractivity contribution in [1.29, 1.82) is 0 Å². The maximum atomic E-state index is 13.2. The molecule has 7 nitrogen and oxygen atoms in total. The maximum absolute atomic E-state index is 13.2. The van der Waals surface area contributed by atoms with Crippen molar-refractivity contribution in [1.82, 2.24) is 9.66 Å². The summed E-state index contributed by atoms with van der Waals surface area (Å²) in [5.74, 6) is 2.28. The van der Waals surface area contributed by atoms with E-state index in [-0.39, 0.29) is 11.5 Å². The van der Waals surface area contributed by atoms with Crippen molar-refractivity contribution in [3.05, 3.63) is 56.5 Å². The minimum Gasteiger partial charge on any atom is -0.496 e. The second-order valence-corrected chi connectivity index (χ2v) is 7.67. The van der Waals surface area contributed by atoms with E-state index in [1.54, 1.807) is 45.7 Å². The van der Waals surface area contributed by atoms with Gasteiger partial charge in [0, 0.05) is 22.0 Å². The average Bonchev–Trinajstić information content (AvgIpc) is 2.77. The molecule has 0 aliphatic carbocycles. The number of hydrogen-bond donors (Lipinski definition) is 0. The Labute approximate surface area is 183 Å². The van der Waals surface area contributed by atoms with E-state index >= 15 is 0 Å². The quantitative estimate of drug-likeness (QED) is 0.469. The van der Waals surface area contributed by atoms with Gasteiger partial charge in [0.2, 0.25) is 0 Å². The van der Waals surface area contributed by atoms with Gasteiger partial charge in [0.15, 0.2) is 11.5 Å². The first-order valence-electron chi connectivity index (χ1n) is 9.50. The number of aromatic nitrogens is 2. The number of nitrogens with zero attached hydrogens (tertiary/aromatic N) is 3. The molecule has 1 aromatic heterocycles. The van der Waals surface area contributed by atoms with Crippen molar-refractivity contribution < 1.29 is 14.2 Å². The van der Waals surface area contributed by atoms with Crippen LogP contribution in [0, 0.1) is 0 Å². The van der Waals surface area contributed by atoms with Gasteiger partial charge >= 0.3 is 0 Å². The van der Waals surface area contributed by atoms with E-state index in [1.165, 1.54) is 4.68 Å². The van der Waals surface area contributed by atoms with Crippen LogP contribution in [0.3, 0.4) is 0 Å². The fraction of sp³-hybridized carbons (Fsp3) is 0.318. The van der Waals surface area contributed by atoms with Crippen LogP contribution < -0.4 is 19.8 Å². The Kier molecular flexibility index (Phi) is 6.77. The van der Waals surface area contributed by atoms with Gasteiger partial charge < -0.3 is 14.2 Å². The molecule has 1 atom stereocenters. The lowest BCUT2D eigenvalue weighted by molar-refractivity contribution is 0.349. The monoisotopic (exact) mass is 473 g/mol. The van der Waals surface area contributed by atoms with Crippen LogP contribution in [0.4, 0.5) is 0 Å². The molecule has 3 aromatic rings. The molecule has 0 spiro atoms. The molecule has 0 radical (unpaired) electrons. The normalized spacial score (nSPS) is 12.3. The van der Waals surface area contributed by atoms with Gasteiger partial charge in [0.05, 0.1) is 38.4 Å². The van der Waals surface area contributed by atoms with Gasteiger partial charge in [-0.2, -0.15) is 9.78 Å². The lowest BCUT2D eigenvalue weighted by Crippen LogP contribution is -2.23. The number of hydrogen-bond acceptors (Lipinski definition) is 6. The Morgan fingerprint density at radius 1 is 1.10 bits per heavy atom. The fourth-order valence-electron chi connectivity index (χ4n) is 3.05. The Morgan fingerprint density at radius 3 is 2.40 bits per heavy atom. The topological polar surface area (TPSA) is 74.9 Å². The molecule has 0 aliphatic rings. The summed E-state index contributed by atoms with van der Waals surface area (Å²) in [4.78, 5) is 17.9. The smallest absolute Gasteiger partial charge is 0.282 e. The third-order valence-electron chi connectivity index (χ3n) is 4.93. The van der Waals surface area contributed by atoms with E-state index in [1.807, 2.05) is 26.0 Å². The predicted molar refractivity (Wildman–Crippen MR) is 121 cm³/mol. The molecule has 8 heteroatoms. The van der Waals surface area contributed by atoms with Gasteiger partial charge in [0.1, 0.15) is 11.6 Å². The summed E-state index contributed by atoms with van der Waals surface area (Å²) < 4.78 is 18.3. The molecule has 0 fully saturated rings. The number of benzene rings is 2. The molecule has 2 aromatic carbocycles. The summed E-state index contributed by atoms with van der Waals surface area (Å²) in [5.41, 5.74) is 1.06. The average molecular weight is 474 g/mol. The molecule has 0 bridgehead atoms. The van der Waals surface area contributed by atoms with Crippen molar-refractivity contribution in [3.8, 4) is 17.2 Å². The maximum Gasteiger partial charge on any atom is 0.282 e. The highest BCUT2D eigenvalue weighted by Gasteiger charge is 2.16. The van der Waals surface area contributed by atoms with Gasteiger partial charge in [-0.3, -0.25) is 4.79 Å². The van der Waals surface area contributed by atoms with Gasteiger partial charge in [-0.1, -0.05) is 29.8 Å². The van der Waals surface area contributed by atoms with Crippen LogP contribution in [0.25, 0.3) is 10.9 Å². The van der Waals surface area contributed by atoms with Crippen LogP contribution in [-0.2, 0) is 0 Å². The Bertz CT molecular complexity index is 1160. The number of halogens is 1. The SMILES string of the molecule is CC[C@@H](C)c1nc2ccc(Br)cc2c(=O)n1N=Cc1cc(OC)c(OC)cc1OC. The summed E-state index contributed by atoms with van der Waals surface area (Å²) in [6, 6.07) is 8.93. The molecular weight excluding hydrogens is 450 g/mol. The highest BCUT2D eigenvalue weighted by molar-refractivity contribution is 9.10. The van der Waals surface area contributed by atoms with E-state index in [9.17, 15) is 4.79 Å². The number of fused-ring (bicyclic) bond motifs is 1. The predicted octanol–water partition coefficient (Wildman–Crippen LogP) is 4.58. The van der Waals surface area contributed by atoms with E-state index < -0.39 is 0 Å². The third kappa shape index (κ3) is 4.18. The van der Waals surface area contributed by atoms with Crippen LogP contribution in [-0.4, -0.2) is 37.2 Å². The van der Waals surface area contributed by atoms with Crippen LogP contribution in [0.15, 0.2) is 44.7 Å². The Balaban J connectivity index is 2.20. The second-order valence-electron chi connectivity index (χ2n) is 6.75. The first-order valence-corrected chi connectivity index (χ1v) is 10.3. The summed E-state index contributed by atoms with van der Waals surface area (Å²) >= 11 is 3.42. The van der Waals surface area contributed by atoms with Crippen molar-refractivity contribution in [2.45, 2.75) is 26.2 Å². The van der Waals surface area contributed by atoms with Crippen LogP contribution >= 0.6 is 15.9 Å². The van der Waals surface area contributed by atoms with Crippen molar-refractivity contribution in [2.24, 2.45) is 5.10 Å². The number of rotatable bonds is 7. The highest BCUT2D eigenvalue weighted by atomic mass is 79.9. The van der Waals surface area contributed by atoms with Gasteiger partial charge in [-0.05, 0) is 30.7 Å². The third-order valence-corrected chi connectivity index (χ3v) is 5.43. The molecule has 3 rings (SSSR count). The standard InChI is InChI=1S/C22H24BrN3O4/c1-6-13(2)21-25-17-8-7-15(23)10-16(17)22(27)26(21)24-12-14-9-19(29-4)20(30-5)11-18(14)28-3/h7-13H,6H2,1-5H3/t13-/m1/s1. The van der Waals surface area contributed by atoms with Crippen molar-refractivity contribution in [3.63, 3.8) is 0 Å². The molecule has 30 heavy (non-hydrogen) atoms. The zero-order valence-corrected chi connectivity index (χ0v) is 19.2. The van der Waals surface area contributed by atoms with Crippen molar-refractivity contribution >= 4 is 33.0 Å². The molecule has 0 aliphatic heterocycles. The van der Waals surface area contributed by atoms with Crippen molar-refractivity contribution in [2.75, 3.05) is 21.3 Å². The van der Waals surface area contributed by atoms with Gasteiger partial charge in [0.25, 0.3) is 5.56 Å². The first kappa shape index (κ1) is 21.8. The summed E-state index contributed by atoms with van der Waals surface area (Å²) in [7, 11) is 4.67. The van der Waals surface area contributed by atoms with E-state index in [4.69, 9.17) is 19.2 Å². The molecule has 158 valence electrons. The largest absolute Gasteiger partial charge is 0.496 e. The zero-order chi connectivity index (χ0) is 21.8. The lowest BCUT2D eigenvalue weighted by Gasteiger charge is -2.14. The molecular formula is C22H24BrN3O4. The van der Waals surface area contributed by atoms with Gasteiger partial charge in [-0.15, -0.1) is 0 Å². The molecule has 0 saturated heterocycles. The van der Waals surface area contributed by atoms with Crippen LogP contribution in [0.5, 0.6) is 17.2 Å². The molecule has 1 heterocycles. The van der Waals surface area contributed by atoms with Crippen LogP contribution in [0.1, 0.15) is 37.6 Å². The molecule has 0 saturated carbocycles. The zero-order valence-electron chi connectivity index (χ0n) is 17.6. The second kappa shape index (κ2) is 9.30. The lowest BCUT2D eigenvalue weighted by atomic mass is 10.1. The fourth-order valence-corrected chi connectivity index (χ4v) is 3.41. The molecule has 0 N–H and O–H groups in total. The first-order chi connectivity index (χ1) is 14.4. The Hall–Kier alpha value is -2.87. The highest BCUT2D eigenvalue weighted by Crippen LogP contribution is 2.33. The van der Waals surface area contributed by atoms with Gasteiger partial charge in [-0.25, -0.2) is 4.98 Å². The Morgan fingerprint density at radius 2 is 1.77 bits per heavy atom. The van der Waals surface area contributed by atoms with E-state index in [0.717, 1.165) is 10.9 Å². The van der Waals surface area contributed by atoms with Crippen LogP contribution in [0.2, 0.25) is 0 Å². The molecule has 0 unspecified atom stereocenters. The minimum atomic E-state index is -0.229. The van der Waals surface area contributed by atoms with E-state index in [0.29, 0.717) is 39.5 Å². The summed E-state index contributed by atoms with van der Waals surface area (Å²) in [5, 5.41) is 4.98. The minimum absolute atomic E-state index is 0.0511. The molecule has 0 amide bonds. The number of ether oxygens (including phenoxy) is 3. The summed E-state index contributed by atoms with van der Waals surface area (Å²) in [6.07, 6.45) is 2.39. The summed E-state index contributed by atoms with van der Waals surface area (Å²) in [6.45, 7) is 4.07. The van der Waals surface area contributed by atoms with E-state index in [2.05, 4.69) is 21.0 Å².